The molecule has 5 atom stereocenters. The Labute approximate surface area is 274 Å². The zero-order valence-corrected chi connectivity index (χ0v) is 28.2. The third-order valence-corrected chi connectivity index (χ3v) is 8.03. The molecule has 0 aromatic heterocycles. The molecule has 14 heteroatoms. The SMILES string of the molecule is CC(C(=O)NC(C(=O)N1CC[C@@H](N=[N+]=N)[C@H]1C(=O)NC(Cc1ccc2ccccc2c1)C(=O)O)C(C)(C)C)N(C)C(=O)OC(C)(C)C. The van der Waals surface area contributed by atoms with E-state index in [1.165, 1.54) is 18.9 Å². The van der Waals surface area contributed by atoms with Gasteiger partial charge < -0.3 is 25.4 Å². The molecule has 1 fully saturated rings. The fourth-order valence-electron chi connectivity index (χ4n) is 5.34. The van der Waals surface area contributed by atoms with E-state index in [2.05, 4.69) is 20.7 Å². The van der Waals surface area contributed by atoms with E-state index in [0.29, 0.717) is 5.56 Å². The molecule has 4 amide bonds. The van der Waals surface area contributed by atoms with Gasteiger partial charge in [-0.1, -0.05) is 63.2 Å². The summed E-state index contributed by atoms with van der Waals surface area (Å²) in [5.74, 6) is -3.24. The molecule has 4 N–H and O–H groups in total. The first-order valence-electron chi connectivity index (χ1n) is 15.5. The van der Waals surface area contributed by atoms with Gasteiger partial charge in [0.15, 0.2) is 6.04 Å². The highest BCUT2D eigenvalue weighted by atomic mass is 16.6. The molecule has 1 aliphatic rings. The fraction of sp³-hybridized carbons (Fsp3) is 0.545. The number of likely N-dealkylation sites (N-methyl/N-ethyl adjacent to an activating group) is 1. The number of benzene rings is 2. The number of nitrogens with one attached hydrogen (secondary N) is 3. The van der Waals surface area contributed by atoms with Gasteiger partial charge in [0.05, 0.1) is 0 Å². The first-order valence-corrected chi connectivity index (χ1v) is 15.5. The second-order valence-electron chi connectivity index (χ2n) is 13.9. The highest BCUT2D eigenvalue weighted by Gasteiger charge is 2.49. The minimum atomic E-state index is -1.32. The zero-order chi connectivity index (χ0) is 35.3. The standard InChI is InChI=1S/C33H45N7O7/c1-19(39(8)31(46)47-33(5,6)7)27(41)36-26(32(2,3)4)29(43)40-16-15-23(37-38-34)25(40)28(42)35-24(30(44)45)18-20-13-14-21-11-9-10-12-22(21)17-20/h9-14,17,19,23-26,34H,15-16,18H2,1-8H3,(H2-,35,36,41,42,44,45)/p+1/t19?,23-,24?,25+,26?/m1/s1. The Morgan fingerprint density at radius 2 is 1.70 bits per heavy atom. The Balaban J connectivity index is 1.84. The van der Waals surface area contributed by atoms with Crippen LogP contribution in [0.4, 0.5) is 4.79 Å². The Bertz CT molecular complexity index is 1560. The topological polar surface area (TPSA) is 196 Å². The van der Waals surface area contributed by atoms with E-state index in [0.717, 1.165) is 15.7 Å². The first-order chi connectivity index (χ1) is 21.8. The quantitative estimate of drug-likeness (QED) is 0.223. The summed E-state index contributed by atoms with van der Waals surface area (Å²) in [5.41, 5.74) is 6.35. The predicted molar refractivity (Wildman–Crippen MR) is 173 cm³/mol. The van der Waals surface area contributed by atoms with Crippen molar-refractivity contribution in [2.24, 2.45) is 10.5 Å². The molecule has 47 heavy (non-hydrogen) atoms. The molecular formula is C33H46N7O7+. The molecule has 0 bridgehead atoms. The lowest BCUT2D eigenvalue weighted by atomic mass is 9.85. The van der Waals surface area contributed by atoms with Crippen LogP contribution in [-0.2, 0) is 30.3 Å². The van der Waals surface area contributed by atoms with Crippen LogP contribution >= 0.6 is 0 Å². The monoisotopic (exact) mass is 652 g/mol. The summed E-state index contributed by atoms with van der Waals surface area (Å²) < 4.78 is 5.36. The van der Waals surface area contributed by atoms with E-state index in [4.69, 9.17) is 10.3 Å². The second-order valence-corrected chi connectivity index (χ2v) is 13.9. The average molecular weight is 653 g/mol. The number of aliphatic carboxylic acids is 1. The molecule has 1 aliphatic heterocycles. The normalized spacial score (nSPS) is 18.3. The summed E-state index contributed by atoms with van der Waals surface area (Å²) in [4.78, 5) is 71.6. The minimum Gasteiger partial charge on any atom is -0.480 e. The van der Waals surface area contributed by atoms with Gasteiger partial charge in [-0.05, 0) is 55.9 Å². The number of carbonyl (C=O) groups is 5. The molecule has 2 aromatic rings. The lowest BCUT2D eigenvalue weighted by molar-refractivity contribution is -0.146. The number of hydrogen-bond acceptors (Lipinski definition) is 8. The number of ether oxygens (including phenoxy) is 1. The minimum absolute atomic E-state index is 0.0130. The number of carboxylic acid groups (broad SMARTS) is 1. The van der Waals surface area contributed by atoms with Crippen molar-refractivity contribution in [2.45, 2.75) is 97.1 Å². The van der Waals surface area contributed by atoms with E-state index < -0.39 is 71.0 Å². The van der Waals surface area contributed by atoms with Crippen molar-refractivity contribution in [3.8, 4) is 0 Å². The molecule has 2 aromatic carbocycles. The summed E-state index contributed by atoms with van der Waals surface area (Å²) in [6.45, 7) is 11.9. The van der Waals surface area contributed by atoms with Crippen LogP contribution in [0.1, 0.15) is 60.5 Å². The van der Waals surface area contributed by atoms with E-state index in [1.807, 2.05) is 36.4 Å². The largest absolute Gasteiger partial charge is 0.480 e. The van der Waals surface area contributed by atoms with Crippen LogP contribution in [0.5, 0.6) is 0 Å². The van der Waals surface area contributed by atoms with Crippen LogP contribution < -0.4 is 15.5 Å². The Kier molecular flexibility index (Phi) is 11.5. The molecule has 0 aliphatic carbocycles. The van der Waals surface area contributed by atoms with Crippen molar-refractivity contribution in [1.29, 1.82) is 5.53 Å². The summed E-state index contributed by atoms with van der Waals surface area (Å²) in [7, 11) is 1.42. The van der Waals surface area contributed by atoms with E-state index in [-0.39, 0.29) is 19.4 Å². The molecule has 254 valence electrons. The van der Waals surface area contributed by atoms with Gasteiger partial charge in [0.1, 0.15) is 40.4 Å². The lowest BCUT2D eigenvalue weighted by Gasteiger charge is -2.37. The van der Waals surface area contributed by atoms with Crippen LogP contribution in [0, 0.1) is 10.9 Å². The number of carbonyl (C=O) groups excluding carboxylic acids is 4. The molecular weight excluding hydrogens is 606 g/mol. The summed E-state index contributed by atoms with van der Waals surface area (Å²) in [5, 5.41) is 21.1. The van der Waals surface area contributed by atoms with Gasteiger partial charge in [-0.2, -0.15) is 0 Å². The molecule has 3 unspecified atom stereocenters. The maximum absolute atomic E-state index is 14.1. The van der Waals surface area contributed by atoms with Crippen molar-refractivity contribution in [1.82, 2.24) is 25.3 Å². The predicted octanol–water partition coefficient (Wildman–Crippen LogP) is 3.26. The molecule has 3 rings (SSSR count). The number of amides is 4. The first kappa shape index (κ1) is 36.6. The Morgan fingerprint density at radius 1 is 1.06 bits per heavy atom. The van der Waals surface area contributed by atoms with Gasteiger partial charge in [0.25, 0.3) is 0 Å². The van der Waals surface area contributed by atoms with Crippen LogP contribution in [0.25, 0.3) is 10.8 Å². The van der Waals surface area contributed by atoms with Crippen LogP contribution in [0.3, 0.4) is 0 Å². The number of hydrogen-bond donors (Lipinski definition) is 4. The number of rotatable bonds is 10. The fourth-order valence-corrected chi connectivity index (χ4v) is 5.34. The lowest BCUT2D eigenvalue weighted by Crippen LogP contribution is -2.61. The number of nitrogens with zero attached hydrogens (tertiary/aromatic N) is 4. The molecule has 0 spiro atoms. The summed E-state index contributed by atoms with van der Waals surface area (Å²) in [6, 6.07) is 7.51. The van der Waals surface area contributed by atoms with Gasteiger partial charge in [-0.3, -0.25) is 19.3 Å². The van der Waals surface area contributed by atoms with Gasteiger partial charge in [0, 0.05) is 20.0 Å². The summed E-state index contributed by atoms with van der Waals surface area (Å²) in [6.07, 6.45) is -0.534. The van der Waals surface area contributed by atoms with Crippen molar-refractivity contribution < 1.29 is 33.8 Å². The van der Waals surface area contributed by atoms with Gasteiger partial charge in [-0.15, -0.1) is 0 Å². The van der Waals surface area contributed by atoms with Crippen molar-refractivity contribution in [2.75, 3.05) is 13.6 Å². The maximum atomic E-state index is 14.1. The summed E-state index contributed by atoms with van der Waals surface area (Å²) >= 11 is 0. The second kappa shape index (κ2) is 14.7. The third-order valence-electron chi connectivity index (χ3n) is 8.03. The highest BCUT2D eigenvalue weighted by molar-refractivity contribution is 5.96. The Morgan fingerprint density at radius 3 is 2.28 bits per heavy atom. The zero-order valence-electron chi connectivity index (χ0n) is 28.2. The molecule has 0 saturated carbocycles. The van der Waals surface area contributed by atoms with Gasteiger partial charge in [0.2, 0.25) is 22.6 Å². The number of carboxylic acids is 1. The third kappa shape index (κ3) is 9.35. The smallest absolute Gasteiger partial charge is 0.410 e. The van der Waals surface area contributed by atoms with Crippen LogP contribution in [0.15, 0.2) is 47.6 Å². The molecule has 1 heterocycles. The van der Waals surface area contributed by atoms with E-state index in [9.17, 15) is 29.1 Å². The van der Waals surface area contributed by atoms with Crippen LogP contribution in [0.2, 0.25) is 0 Å². The van der Waals surface area contributed by atoms with Crippen molar-refractivity contribution in [3.05, 3.63) is 48.0 Å². The van der Waals surface area contributed by atoms with E-state index in [1.54, 1.807) is 47.6 Å². The number of likely N-dealkylation sites (tertiary alicyclic amines) is 1. The average Bonchev–Trinajstić information content (AvgIpc) is 3.40. The van der Waals surface area contributed by atoms with Crippen molar-refractivity contribution in [3.63, 3.8) is 0 Å². The molecule has 14 nitrogen and oxygen atoms in total. The Hall–Kier alpha value is -4.84. The number of fused-ring (bicyclic) bond motifs is 1. The van der Waals surface area contributed by atoms with E-state index >= 15 is 0 Å². The van der Waals surface area contributed by atoms with Gasteiger partial charge >= 0.3 is 12.1 Å². The van der Waals surface area contributed by atoms with Crippen LogP contribution in [-0.4, -0.2) is 94.1 Å². The van der Waals surface area contributed by atoms with Crippen molar-refractivity contribution >= 4 is 40.6 Å². The molecule has 1 saturated heterocycles. The van der Waals surface area contributed by atoms with Gasteiger partial charge in [-0.25, -0.2) is 9.59 Å². The highest BCUT2D eigenvalue weighted by Crippen LogP contribution is 2.28. The maximum Gasteiger partial charge on any atom is 0.410 e. The molecule has 0 radical (unpaired) electrons.